The average molecular weight is 494 g/mol. The van der Waals surface area contributed by atoms with Gasteiger partial charge in [0, 0.05) is 37.6 Å². The van der Waals surface area contributed by atoms with Gasteiger partial charge in [-0.15, -0.1) is 0 Å². The largest absolute Gasteiger partial charge is 0.465 e. The van der Waals surface area contributed by atoms with E-state index in [1.807, 2.05) is 4.90 Å². The van der Waals surface area contributed by atoms with E-state index in [1.165, 1.54) is 4.90 Å². The summed E-state index contributed by atoms with van der Waals surface area (Å²) < 4.78 is 21.4. The molecule has 4 rings (SSSR count). The zero-order valence-electron chi connectivity index (χ0n) is 17.4. The van der Waals surface area contributed by atoms with Gasteiger partial charge in [-0.2, -0.15) is 9.97 Å². The monoisotopic (exact) mass is 493 g/mol. The molecule has 0 saturated carbocycles. The van der Waals surface area contributed by atoms with Crippen LogP contribution in [-0.2, 0) is 0 Å². The van der Waals surface area contributed by atoms with Crippen LogP contribution in [0.1, 0.15) is 18.4 Å². The lowest BCUT2D eigenvalue weighted by atomic mass is 10.1. The predicted octanol–water partition coefficient (Wildman–Crippen LogP) is 3.45. The van der Waals surface area contributed by atoms with Crippen molar-refractivity contribution in [3.63, 3.8) is 0 Å². The number of likely N-dealkylation sites (tertiary alicyclic amines) is 1. The third kappa shape index (κ3) is 4.31. The van der Waals surface area contributed by atoms with Crippen molar-refractivity contribution in [2.75, 3.05) is 51.3 Å². The number of hydrogen-bond acceptors (Lipinski definition) is 6. The molecule has 2 aromatic rings. The van der Waals surface area contributed by atoms with Gasteiger partial charge in [-0.25, -0.2) is 9.18 Å². The minimum atomic E-state index is -0.944. The Morgan fingerprint density at radius 2 is 2.10 bits per heavy atom. The molecule has 1 N–H and O–H groups in total. The number of ether oxygens (including phenoxy) is 1. The maximum atomic E-state index is 15.2. The molecule has 10 heteroatoms. The van der Waals surface area contributed by atoms with E-state index in [1.54, 1.807) is 12.1 Å². The number of rotatable bonds is 5. The molecule has 2 fully saturated rings. The summed E-state index contributed by atoms with van der Waals surface area (Å²) in [4.78, 5) is 25.8. The lowest BCUT2D eigenvalue weighted by molar-refractivity contribution is 0.142. The van der Waals surface area contributed by atoms with E-state index >= 15 is 4.39 Å². The Labute approximate surface area is 188 Å². The number of nitrogens with zero attached hydrogens (tertiary/aromatic N) is 5. The van der Waals surface area contributed by atoms with Gasteiger partial charge < -0.3 is 24.5 Å². The summed E-state index contributed by atoms with van der Waals surface area (Å²) in [6.45, 7) is 6.80. The normalized spacial score (nSPS) is 19.8. The Morgan fingerprint density at radius 1 is 1.35 bits per heavy atom. The molecule has 1 aromatic heterocycles. The number of halogens is 2. The lowest BCUT2D eigenvalue weighted by Gasteiger charge is -2.34. The quantitative estimate of drug-likeness (QED) is 0.682. The van der Waals surface area contributed by atoms with Crippen molar-refractivity contribution in [3.8, 4) is 6.01 Å². The number of fused-ring (bicyclic) bond motifs is 1. The Bertz CT molecular complexity index is 1010. The predicted molar refractivity (Wildman–Crippen MR) is 120 cm³/mol. The van der Waals surface area contributed by atoms with E-state index in [0.717, 1.165) is 19.4 Å². The Kier molecular flexibility index (Phi) is 6.29. The molecular formula is C21H25BrFN5O3. The molecule has 1 unspecified atom stereocenters. The van der Waals surface area contributed by atoms with Crippen LogP contribution in [0.2, 0.25) is 0 Å². The highest BCUT2D eigenvalue weighted by molar-refractivity contribution is 9.10. The Hall–Kier alpha value is -2.46. The third-order valence-corrected chi connectivity index (χ3v) is 6.81. The first kappa shape index (κ1) is 21.8. The summed E-state index contributed by atoms with van der Waals surface area (Å²) in [5.74, 6) is 0.0439. The van der Waals surface area contributed by atoms with Crippen LogP contribution in [0, 0.1) is 5.82 Å². The van der Waals surface area contributed by atoms with Gasteiger partial charge >= 0.3 is 12.1 Å². The number of carbonyl (C=O) groups is 1. The molecule has 0 spiro atoms. The smallest absolute Gasteiger partial charge is 0.407 e. The first-order valence-electron chi connectivity index (χ1n) is 10.3. The summed E-state index contributed by atoms with van der Waals surface area (Å²) in [5, 5.41) is 9.78. The molecular weight excluding hydrogens is 469 g/mol. The third-order valence-electron chi connectivity index (χ3n) is 6.00. The average Bonchev–Trinajstić information content (AvgIpc) is 3.19. The highest BCUT2D eigenvalue weighted by Gasteiger charge is 2.26. The van der Waals surface area contributed by atoms with Crippen LogP contribution >= 0.6 is 15.9 Å². The van der Waals surface area contributed by atoms with Crippen LogP contribution in [-0.4, -0.2) is 83.4 Å². The number of carboxylic acid groups (broad SMARTS) is 1. The molecule has 1 aromatic carbocycles. The second-order valence-corrected chi connectivity index (χ2v) is 8.66. The van der Waals surface area contributed by atoms with E-state index in [4.69, 9.17) is 4.74 Å². The van der Waals surface area contributed by atoms with Crippen molar-refractivity contribution in [2.24, 2.45) is 0 Å². The molecule has 2 aliphatic rings. The van der Waals surface area contributed by atoms with Crippen LogP contribution in [0.5, 0.6) is 6.01 Å². The number of piperazine rings is 1. The fraction of sp³-hybridized carbons (Fsp3) is 0.476. The highest BCUT2D eigenvalue weighted by atomic mass is 79.9. The van der Waals surface area contributed by atoms with Gasteiger partial charge in [0.1, 0.15) is 17.9 Å². The van der Waals surface area contributed by atoms with E-state index in [2.05, 4.69) is 44.4 Å². The zero-order valence-corrected chi connectivity index (χ0v) is 18.9. The molecule has 0 bridgehead atoms. The van der Waals surface area contributed by atoms with Gasteiger partial charge in [0.05, 0.1) is 4.47 Å². The van der Waals surface area contributed by atoms with Gasteiger partial charge in [-0.05, 0) is 54.0 Å². The first-order valence-corrected chi connectivity index (χ1v) is 11.1. The van der Waals surface area contributed by atoms with E-state index in [9.17, 15) is 9.90 Å². The van der Waals surface area contributed by atoms with Gasteiger partial charge in [-0.1, -0.05) is 12.7 Å². The van der Waals surface area contributed by atoms with Crippen LogP contribution in [0.15, 0.2) is 17.1 Å². The van der Waals surface area contributed by atoms with Gasteiger partial charge in [-0.3, -0.25) is 0 Å². The minimum Gasteiger partial charge on any atom is -0.465 e. The first-order chi connectivity index (χ1) is 14.9. The standard InChI is InChI=1S/C21H25BrFN5O3/c1-3-13-11-15-18(17(23)16(13)22)24-20(31-12-14-5-4-6-26(14)2)25-19(15)27-7-9-28(10-8-27)21(29)30/h3,11,14H,1,4-10,12H2,2H3,(H,29,30). The minimum absolute atomic E-state index is 0.126. The number of hydrogen-bond donors (Lipinski definition) is 1. The molecule has 2 saturated heterocycles. The molecule has 1 amide bonds. The topological polar surface area (TPSA) is 82.0 Å². The molecule has 166 valence electrons. The maximum absolute atomic E-state index is 15.2. The second kappa shape index (κ2) is 8.96. The molecule has 3 heterocycles. The summed E-state index contributed by atoms with van der Waals surface area (Å²) in [7, 11) is 2.06. The summed E-state index contributed by atoms with van der Waals surface area (Å²) >= 11 is 3.29. The second-order valence-electron chi connectivity index (χ2n) is 7.87. The van der Waals surface area contributed by atoms with Crippen molar-refractivity contribution in [2.45, 2.75) is 18.9 Å². The van der Waals surface area contributed by atoms with E-state index < -0.39 is 11.9 Å². The summed E-state index contributed by atoms with van der Waals surface area (Å²) in [6, 6.07) is 2.20. The molecule has 1 atom stereocenters. The molecule has 0 radical (unpaired) electrons. The fourth-order valence-electron chi connectivity index (χ4n) is 4.11. The van der Waals surface area contributed by atoms with Crippen LogP contribution in [0.3, 0.4) is 0 Å². The van der Waals surface area contributed by atoms with Crippen molar-refractivity contribution < 1.29 is 19.0 Å². The van der Waals surface area contributed by atoms with E-state index in [0.29, 0.717) is 49.6 Å². The number of aromatic nitrogens is 2. The van der Waals surface area contributed by atoms with Crippen molar-refractivity contribution in [1.29, 1.82) is 0 Å². The lowest BCUT2D eigenvalue weighted by Crippen LogP contribution is -2.48. The Balaban J connectivity index is 1.71. The van der Waals surface area contributed by atoms with E-state index in [-0.39, 0.29) is 22.0 Å². The molecule has 0 aliphatic carbocycles. The SMILES string of the molecule is C=Cc1cc2c(N3CCN(C(=O)O)CC3)nc(OCC3CCCN3C)nc2c(F)c1Br. The van der Waals surface area contributed by atoms with Crippen molar-refractivity contribution >= 4 is 44.8 Å². The number of likely N-dealkylation sites (N-methyl/N-ethyl adjacent to an activating group) is 1. The number of benzene rings is 1. The molecule has 31 heavy (non-hydrogen) atoms. The van der Waals surface area contributed by atoms with Crippen molar-refractivity contribution in [1.82, 2.24) is 19.8 Å². The zero-order chi connectivity index (χ0) is 22.1. The van der Waals surface area contributed by atoms with Crippen LogP contribution in [0.25, 0.3) is 17.0 Å². The number of anilines is 1. The fourth-order valence-corrected chi connectivity index (χ4v) is 4.58. The van der Waals surface area contributed by atoms with Crippen molar-refractivity contribution in [3.05, 3.63) is 28.5 Å². The summed E-state index contributed by atoms with van der Waals surface area (Å²) in [5.41, 5.74) is 0.762. The van der Waals surface area contributed by atoms with Crippen LogP contribution < -0.4 is 9.64 Å². The highest BCUT2D eigenvalue weighted by Crippen LogP contribution is 2.35. The van der Waals surface area contributed by atoms with Gasteiger partial charge in [0.15, 0.2) is 5.82 Å². The van der Waals surface area contributed by atoms with Gasteiger partial charge in [0.25, 0.3) is 0 Å². The Morgan fingerprint density at radius 3 is 2.71 bits per heavy atom. The van der Waals surface area contributed by atoms with Gasteiger partial charge in [0.2, 0.25) is 0 Å². The number of amides is 1. The maximum Gasteiger partial charge on any atom is 0.407 e. The molecule has 8 nitrogen and oxygen atoms in total. The van der Waals surface area contributed by atoms with Crippen LogP contribution in [0.4, 0.5) is 15.0 Å². The molecule has 2 aliphatic heterocycles. The summed E-state index contributed by atoms with van der Waals surface area (Å²) in [6.07, 6.45) is 2.78.